The number of nitrogens with two attached hydrogens (primary N) is 1. The molecule has 1 aromatic heterocycles. The van der Waals surface area contributed by atoms with Crippen LogP contribution >= 0.6 is 24.0 Å². The van der Waals surface area contributed by atoms with Crippen molar-refractivity contribution in [2.75, 3.05) is 24.0 Å². The molecule has 18 heavy (non-hydrogen) atoms. The largest absolute Gasteiger partial charge is 0.389 e. The molecule has 0 fully saturated rings. The second-order valence-electron chi connectivity index (χ2n) is 4.46. The number of nitrogens with zero attached hydrogens (tertiary/aromatic N) is 2. The molecule has 0 aliphatic heterocycles. The summed E-state index contributed by atoms with van der Waals surface area (Å²) < 4.78 is 0. The first-order valence-electron chi connectivity index (χ1n) is 5.96. The summed E-state index contributed by atoms with van der Waals surface area (Å²) >= 11 is 6.90. The smallest absolute Gasteiger partial charge is 0.129 e. The molecule has 1 rings (SSSR count). The predicted octanol–water partition coefficient (Wildman–Crippen LogP) is 2.60. The number of anilines is 1. The molecule has 0 radical (unpaired) electrons. The lowest BCUT2D eigenvalue weighted by Gasteiger charge is -2.26. The van der Waals surface area contributed by atoms with Gasteiger partial charge in [0.15, 0.2) is 0 Å². The summed E-state index contributed by atoms with van der Waals surface area (Å²) in [7, 11) is 2.07. The Bertz CT molecular complexity index is 421. The van der Waals surface area contributed by atoms with Gasteiger partial charge in [-0.3, -0.25) is 0 Å². The van der Waals surface area contributed by atoms with E-state index in [1.807, 2.05) is 30.8 Å². The van der Waals surface area contributed by atoms with Gasteiger partial charge in [-0.1, -0.05) is 12.2 Å². The minimum atomic E-state index is 0.423. The van der Waals surface area contributed by atoms with E-state index in [9.17, 15) is 0 Å². The van der Waals surface area contributed by atoms with Crippen molar-refractivity contribution < 1.29 is 0 Å². The second-order valence-corrected chi connectivity index (χ2v) is 5.89. The Balaban J connectivity index is 2.91. The van der Waals surface area contributed by atoms with Gasteiger partial charge in [-0.2, -0.15) is 11.8 Å². The molecule has 0 amide bonds. The molecule has 0 aromatic carbocycles. The van der Waals surface area contributed by atoms with Crippen LogP contribution in [0.25, 0.3) is 0 Å². The van der Waals surface area contributed by atoms with Gasteiger partial charge in [-0.25, -0.2) is 4.98 Å². The maximum Gasteiger partial charge on any atom is 0.129 e. The van der Waals surface area contributed by atoms with Crippen molar-refractivity contribution in [1.29, 1.82) is 0 Å². The molecule has 100 valence electrons. The van der Waals surface area contributed by atoms with Gasteiger partial charge in [0, 0.05) is 24.3 Å². The van der Waals surface area contributed by atoms with E-state index in [-0.39, 0.29) is 0 Å². The molecule has 0 aliphatic rings. The number of aryl methyl sites for hydroxylation is 1. The molecule has 1 atom stereocenters. The molecule has 1 aromatic rings. The monoisotopic (exact) mass is 283 g/mol. The summed E-state index contributed by atoms with van der Waals surface area (Å²) in [4.78, 5) is 7.16. The van der Waals surface area contributed by atoms with Crippen LogP contribution in [0.5, 0.6) is 0 Å². The minimum absolute atomic E-state index is 0.423. The molecule has 0 saturated carbocycles. The van der Waals surface area contributed by atoms with Crippen LogP contribution in [-0.2, 0) is 0 Å². The third-order valence-corrected chi connectivity index (χ3v) is 3.87. The Morgan fingerprint density at radius 2 is 2.22 bits per heavy atom. The molecule has 5 heteroatoms. The maximum absolute atomic E-state index is 5.69. The van der Waals surface area contributed by atoms with E-state index in [1.54, 1.807) is 0 Å². The van der Waals surface area contributed by atoms with E-state index < -0.39 is 0 Å². The number of thiocarbonyl (C=S) groups is 1. The van der Waals surface area contributed by atoms with Gasteiger partial charge in [0.1, 0.15) is 10.8 Å². The normalized spacial score (nSPS) is 12.2. The number of rotatable bonds is 6. The highest BCUT2D eigenvalue weighted by atomic mass is 32.2. The molecular formula is C13H21N3S2. The Kier molecular flexibility index (Phi) is 5.88. The molecule has 0 bridgehead atoms. The quantitative estimate of drug-likeness (QED) is 0.813. The summed E-state index contributed by atoms with van der Waals surface area (Å²) in [6, 6.07) is 4.34. The van der Waals surface area contributed by atoms with Crippen LogP contribution in [0, 0.1) is 6.92 Å². The Hall–Kier alpha value is -0.810. The van der Waals surface area contributed by atoms with Crippen molar-refractivity contribution in [2.45, 2.75) is 26.3 Å². The summed E-state index contributed by atoms with van der Waals surface area (Å²) in [6.07, 6.45) is 3.26. The number of hydrogen-bond acceptors (Lipinski definition) is 4. The fourth-order valence-corrected chi connectivity index (χ4v) is 2.38. The van der Waals surface area contributed by atoms with E-state index in [2.05, 4.69) is 30.1 Å². The Labute approximate surface area is 119 Å². The summed E-state index contributed by atoms with van der Waals surface area (Å²) in [6.45, 7) is 4.17. The highest BCUT2D eigenvalue weighted by Gasteiger charge is 2.12. The average Bonchev–Trinajstić information content (AvgIpc) is 2.34. The van der Waals surface area contributed by atoms with Gasteiger partial charge in [0.25, 0.3) is 0 Å². The Morgan fingerprint density at radius 3 is 2.78 bits per heavy atom. The van der Waals surface area contributed by atoms with Gasteiger partial charge in [0.2, 0.25) is 0 Å². The average molecular weight is 283 g/mol. The van der Waals surface area contributed by atoms with E-state index in [4.69, 9.17) is 18.0 Å². The van der Waals surface area contributed by atoms with Crippen molar-refractivity contribution >= 4 is 34.8 Å². The highest BCUT2D eigenvalue weighted by molar-refractivity contribution is 7.98. The Morgan fingerprint density at radius 1 is 1.56 bits per heavy atom. The van der Waals surface area contributed by atoms with Crippen LogP contribution in [0.3, 0.4) is 0 Å². The third kappa shape index (κ3) is 4.14. The van der Waals surface area contributed by atoms with Crippen LogP contribution in [0.2, 0.25) is 0 Å². The van der Waals surface area contributed by atoms with Gasteiger partial charge in [0.05, 0.1) is 0 Å². The topological polar surface area (TPSA) is 42.1 Å². The molecule has 0 saturated heterocycles. The maximum atomic E-state index is 5.69. The number of hydrogen-bond donors (Lipinski definition) is 1. The SMILES string of the molecule is CSCCC(C)N(C)c1cc(C(N)=S)cc(C)n1. The zero-order chi connectivity index (χ0) is 13.7. The van der Waals surface area contributed by atoms with E-state index in [1.165, 1.54) is 0 Å². The van der Waals surface area contributed by atoms with E-state index in [0.717, 1.165) is 29.2 Å². The van der Waals surface area contributed by atoms with Gasteiger partial charge < -0.3 is 10.6 Å². The molecular weight excluding hydrogens is 262 g/mol. The van der Waals surface area contributed by atoms with Crippen molar-refractivity contribution in [2.24, 2.45) is 5.73 Å². The summed E-state index contributed by atoms with van der Waals surface area (Å²) in [5.74, 6) is 2.09. The lowest BCUT2D eigenvalue weighted by molar-refractivity contribution is 0.661. The molecule has 1 heterocycles. The standard InChI is InChI=1S/C13H21N3S2/c1-9-7-11(13(14)17)8-12(15-9)16(3)10(2)5-6-18-4/h7-8,10H,5-6H2,1-4H3,(H2,14,17). The minimum Gasteiger partial charge on any atom is -0.389 e. The van der Waals surface area contributed by atoms with Crippen molar-refractivity contribution in [3.8, 4) is 0 Å². The third-order valence-electron chi connectivity index (χ3n) is 2.99. The molecule has 0 aliphatic carbocycles. The van der Waals surface area contributed by atoms with Crippen LogP contribution in [0.4, 0.5) is 5.82 Å². The first kappa shape index (κ1) is 15.2. The fraction of sp³-hybridized carbons (Fsp3) is 0.538. The molecule has 0 spiro atoms. The lowest BCUT2D eigenvalue weighted by Crippen LogP contribution is -2.30. The second kappa shape index (κ2) is 6.95. The number of aromatic nitrogens is 1. The van der Waals surface area contributed by atoms with Gasteiger partial charge in [-0.05, 0) is 44.4 Å². The molecule has 1 unspecified atom stereocenters. The van der Waals surface area contributed by atoms with E-state index in [0.29, 0.717) is 11.0 Å². The van der Waals surface area contributed by atoms with Crippen LogP contribution < -0.4 is 10.6 Å². The first-order valence-corrected chi connectivity index (χ1v) is 7.76. The lowest BCUT2D eigenvalue weighted by atomic mass is 10.2. The molecule has 2 N–H and O–H groups in total. The van der Waals surface area contributed by atoms with Crippen LogP contribution in [-0.4, -0.2) is 35.1 Å². The van der Waals surface area contributed by atoms with Crippen molar-refractivity contribution in [3.63, 3.8) is 0 Å². The predicted molar refractivity (Wildman–Crippen MR) is 85.7 cm³/mol. The van der Waals surface area contributed by atoms with Crippen LogP contribution in [0.15, 0.2) is 12.1 Å². The zero-order valence-electron chi connectivity index (χ0n) is 11.4. The summed E-state index contributed by atoms with van der Waals surface area (Å²) in [5, 5.41) is 0. The highest BCUT2D eigenvalue weighted by Crippen LogP contribution is 2.18. The van der Waals surface area contributed by atoms with E-state index >= 15 is 0 Å². The first-order chi connectivity index (χ1) is 8.45. The zero-order valence-corrected chi connectivity index (χ0v) is 13.1. The van der Waals surface area contributed by atoms with Gasteiger partial charge >= 0.3 is 0 Å². The fourth-order valence-electron chi connectivity index (χ4n) is 1.68. The van der Waals surface area contributed by atoms with Crippen molar-refractivity contribution in [3.05, 3.63) is 23.4 Å². The molecule has 3 nitrogen and oxygen atoms in total. The van der Waals surface area contributed by atoms with Gasteiger partial charge in [-0.15, -0.1) is 0 Å². The summed E-state index contributed by atoms with van der Waals surface area (Å²) in [5.41, 5.74) is 7.52. The number of pyridine rings is 1. The van der Waals surface area contributed by atoms with Crippen molar-refractivity contribution in [1.82, 2.24) is 4.98 Å². The number of thioether (sulfide) groups is 1. The van der Waals surface area contributed by atoms with Crippen LogP contribution in [0.1, 0.15) is 24.6 Å².